The highest BCUT2D eigenvalue weighted by Gasteiger charge is 2.15. The number of hydrogen-bond donors (Lipinski definition) is 3. The summed E-state index contributed by atoms with van der Waals surface area (Å²) < 4.78 is 5.14. The molecule has 0 aliphatic rings. The molecule has 0 fully saturated rings. The van der Waals surface area contributed by atoms with E-state index in [4.69, 9.17) is 21.4 Å². The maximum atomic E-state index is 12.4. The lowest BCUT2D eigenvalue weighted by Crippen LogP contribution is -2.29. The lowest BCUT2D eigenvalue weighted by molar-refractivity contribution is -0.135. The molecule has 2 aromatic carbocycles. The predicted octanol–water partition coefficient (Wildman–Crippen LogP) is 2.76. The minimum atomic E-state index is -1.15. The molecule has 2 rings (SSSR count). The van der Waals surface area contributed by atoms with E-state index in [9.17, 15) is 19.2 Å². The van der Waals surface area contributed by atoms with Gasteiger partial charge in [-0.3, -0.25) is 19.2 Å². The van der Waals surface area contributed by atoms with E-state index in [-0.39, 0.29) is 30.1 Å². The summed E-state index contributed by atoms with van der Waals surface area (Å²) >= 11 is 5.91. The minimum absolute atomic E-state index is 0.0296. The average Bonchev–Trinajstić information content (AvgIpc) is 2.70. The summed E-state index contributed by atoms with van der Waals surface area (Å²) in [6.45, 7) is -0.483. The van der Waals surface area contributed by atoms with Crippen molar-refractivity contribution >= 4 is 40.9 Å². The molecule has 9 heteroatoms. The van der Waals surface area contributed by atoms with E-state index < -0.39 is 18.4 Å². The van der Waals surface area contributed by atoms with Gasteiger partial charge in [0.1, 0.15) is 12.3 Å². The van der Waals surface area contributed by atoms with Crippen molar-refractivity contribution in [3.05, 3.63) is 58.6 Å². The van der Waals surface area contributed by atoms with Crippen LogP contribution in [0.3, 0.4) is 0 Å². The Balaban J connectivity index is 1.89. The van der Waals surface area contributed by atoms with Crippen molar-refractivity contribution in [2.45, 2.75) is 12.8 Å². The smallest absolute Gasteiger partial charge is 0.322 e. The molecule has 0 unspecified atom stereocenters. The SMILES string of the molecule is COc1ccc(Cl)cc1C(=O)CCC(=O)Nc1ccc(C(=O)NCC(=O)O)cc1. The van der Waals surface area contributed by atoms with E-state index in [0.29, 0.717) is 22.0 Å². The first kappa shape index (κ1) is 21.9. The Morgan fingerprint density at radius 1 is 1.03 bits per heavy atom. The van der Waals surface area contributed by atoms with Gasteiger partial charge in [-0.1, -0.05) is 11.6 Å². The number of carboxylic acids is 1. The molecular weight excluding hydrogens is 400 g/mol. The van der Waals surface area contributed by atoms with E-state index in [1.807, 2.05) is 0 Å². The molecule has 0 heterocycles. The number of amides is 2. The zero-order chi connectivity index (χ0) is 21.4. The van der Waals surface area contributed by atoms with Crippen molar-refractivity contribution in [1.82, 2.24) is 5.32 Å². The molecule has 8 nitrogen and oxygen atoms in total. The highest BCUT2D eigenvalue weighted by Crippen LogP contribution is 2.24. The zero-order valence-corrected chi connectivity index (χ0v) is 16.3. The van der Waals surface area contributed by atoms with Crippen LogP contribution < -0.4 is 15.4 Å². The Kier molecular flexibility index (Phi) is 7.73. The molecule has 0 saturated heterocycles. The summed E-state index contributed by atoms with van der Waals surface area (Å²) in [5.74, 6) is -1.94. The lowest BCUT2D eigenvalue weighted by atomic mass is 10.1. The number of rotatable bonds is 9. The number of benzene rings is 2. The molecule has 0 spiro atoms. The number of ketones is 1. The highest BCUT2D eigenvalue weighted by atomic mass is 35.5. The number of anilines is 1. The van der Waals surface area contributed by atoms with Crippen molar-refractivity contribution in [3.63, 3.8) is 0 Å². The third-order valence-electron chi connectivity index (χ3n) is 3.87. The Morgan fingerprint density at radius 3 is 2.34 bits per heavy atom. The van der Waals surface area contributed by atoms with Crippen LogP contribution in [0, 0.1) is 0 Å². The molecule has 152 valence electrons. The summed E-state index contributed by atoms with van der Waals surface area (Å²) in [6, 6.07) is 10.6. The molecule has 0 atom stereocenters. The van der Waals surface area contributed by atoms with E-state index in [2.05, 4.69) is 10.6 Å². The third kappa shape index (κ3) is 6.62. The summed E-state index contributed by atoms with van der Waals surface area (Å²) in [5.41, 5.74) is 1.01. The van der Waals surface area contributed by atoms with Crippen molar-refractivity contribution in [2.24, 2.45) is 0 Å². The van der Waals surface area contributed by atoms with Gasteiger partial charge in [-0.15, -0.1) is 0 Å². The molecule has 0 radical (unpaired) electrons. The molecule has 0 aliphatic heterocycles. The first-order chi connectivity index (χ1) is 13.8. The van der Waals surface area contributed by atoms with E-state index in [1.54, 1.807) is 12.1 Å². The van der Waals surface area contributed by atoms with Crippen molar-refractivity contribution in [1.29, 1.82) is 0 Å². The first-order valence-corrected chi connectivity index (χ1v) is 8.94. The molecule has 0 saturated carbocycles. The van der Waals surface area contributed by atoms with Gasteiger partial charge in [0.15, 0.2) is 5.78 Å². The van der Waals surface area contributed by atoms with Gasteiger partial charge in [0.05, 0.1) is 12.7 Å². The molecule has 0 aromatic heterocycles. The van der Waals surface area contributed by atoms with Gasteiger partial charge >= 0.3 is 5.97 Å². The Morgan fingerprint density at radius 2 is 1.72 bits per heavy atom. The third-order valence-corrected chi connectivity index (χ3v) is 4.11. The van der Waals surface area contributed by atoms with E-state index >= 15 is 0 Å². The number of Topliss-reactive ketones (excluding diaryl/α,β-unsaturated/α-hetero) is 1. The second-order valence-corrected chi connectivity index (χ2v) is 6.41. The maximum absolute atomic E-state index is 12.4. The fraction of sp³-hybridized carbons (Fsp3) is 0.200. The highest BCUT2D eigenvalue weighted by molar-refractivity contribution is 6.31. The van der Waals surface area contributed by atoms with Crippen molar-refractivity contribution < 1.29 is 29.0 Å². The van der Waals surface area contributed by atoms with Crippen LogP contribution in [0.1, 0.15) is 33.6 Å². The number of carbonyl (C=O) groups excluding carboxylic acids is 3. The number of aliphatic carboxylic acids is 1. The average molecular weight is 419 g/mol. The normalized spacial score (nSPS) is 10.1. The van der Waals surface area contributed by atoms with E-state index in [1.165, 1.54) is 37.4 Å². The number of carbonyl (C=O) groups is 4. The molecule has 0 bridgehead atoms. The van der Waals surface area contributed by atoms with Crippen LogP contribution in [0.25, 0.3) is 0 Å². The zero-order valence-electron chi connectivity index (χ0n) is 15.5. The maximum Gasteiger partial charge on any atom is 0.322 e. The molecule has 29 heavy (non-hydrogen) atoms. The van der Waals surface area contributed by atoms with Gasteiger partial charge in [0, 0.05) is 29.1 Å². The van der Waals surface area contributed by atoms with Gasteiger partial charge in [-0.25, -0.2) is 0 Å². The van der Waals surface area contributed by atoms with Crippen LogP contribution >= 0.6 is 11.6 Å². The van der Waals surface area contributed by atoms with Crippen LogP contribution in [0.5, 0.6) is 5.75 Å². The quantitative estimate of drug-likeness (QED) is 0.538. The van der Waals surface area contributed by atoms with Crippen LogP contribution in [0.4, 0.5) is 5.69 Å². The van der Waals surface area contributed by atoms with Gasteiger partial charge in [-0.05, 0) is 42.5 Å². The Labute approximate surface area is 171 Å². The molecule has 0 aliphatic carbocycles. The summed E-state index contributed by atoms with van der Waals surface area (Å²) in [4.78, 5) is 46.7. The molecule has 2 amide bonds. The monoisotopic (exact) mass is 418 g/mol. The van der Waals surface area contributed by atoms with Crippen LogP contribution in [-0.2, 0) is 9.59 Å². The predicted molar refractivity (Wildman–Crippen MR) is 107 cm³/mol. The number of halogens is 1. The molecular formula is C20H19ClN2O6. The van der Waals surface area contributed by atoms with Gasteiger partial charge in [0.25, 0.3) is 5.91 Å². The van der Waals surface area contributed by atoms with E-state index in [0.717, 1.165) is 0 Å². The van der Waals surface area contributed by atoms with Crippen LogP contribution in [0.15, 0.2) is 42.5 Å². The standard InChI is InChI=1S/C20H19ClN2O6/c1-29-17-8-4-13(21)10-15(17)16(24)7-9-18(25)23-14-5-2-12(3-6-14)20(28)22-11-19(26)27/h2-6,8,10H,7,9,11H2,1H3,(H,22,28)(H,23,25)(H,26,27). The minimum Gasteiger partial charge on any atom is -0.496 e. The largest absolute Gasteiger partial charge is 0.496 e. The number of ether oxygens (including phenoxy) is 1. The topological polar surface area (TPSA) is 122 Å². The van der Waals surface area contributed by atoms with Gasteiger partial charge in [-0.2, -0.15) is 0 Å². The second-order valence-electron chi connectivity index (χ2n) is 5.97. The first-order valence-electron chi connectivity index (χ1n) is 8.57. The Hall–Kier alpha value is -3.39. The van der Waals surface area contributed by atoms with Crippen molar-refractivity contribution in [2.75, 3.05) is 19.0 Å². The fourth-order valence-electron chi connectivity index (χ4n) is 2.45. The second kappa shape index (κ2) is 10.2. The molecule has 3 N–H and O–H groups in total. The number of nitrogens with one attached hydrogen (secondary N) is 2. The number of hydrogen-bond acceptors (Lipinski definition) is 5. The lowest BCUT2D eigenvalue weighted by Gasteiger charge is -2.09. The van der Waals surface area contributed by atoms with Crippen LogP contribution in [0.2, 0.25) is 5.02 Å². The van der Waals surface area contributed by atoms with Crippen LogP contribution in [-0.4, -0.2) is 42.3 Å². The number of carboxylic acid groups (broad SMARTS) is 1. The fourth-order valence-corrected chi connectivity index (χ4v) is 2.62. The summed E-state index contributed by atoms with van der Waals surface area (Å²) in [7, 11) is 1.44. The Bertz CT molecular complexity index is 927. The van der Waals surface area contributed by atoms with Crippen molar-refractivity contribution in [3.8, 4) is 5.75 Å². The van der Waals surface area contributed by atoms with Gasteiger partial charge < -0.3 is 20.5 Å². The summed E-state index contributed by atoms with van der Waals surface area (Å²) in [6.07, 6.45) is -0.0758. The van der Waals surface area contributed by atoms with Gasteiger partial charge in [0.2, 0.25) is 5.91 Å². The molecule has 2 aromatic rings. The summed E-state index contributed by atoms with van der Waals surface area (Å²) in [5, 5.41) is 13.8. The number of methoxy groups -OCH3 is 1.